The van der Waals surface area contributed by atoms with Gasteiger partial charge in [0.2, 0.25) is 0 Å². The number of amides is 1. The molecule has 2 aromatic heterocycles. The van der Waals surface area contributed by atoms with Crippen molar-refractivity contribution in [3.8, 4) is 5.69 Å². The number of aromatic nitrogens is 3. The molecule has 0 aromatic carbocycles. The number of ether oxygens (including phenoxy) is 1. The van der Waals surface area contributed by atoms with Crippen LogP contribution in [0.1, 0.15) is 20.8 Å². The van der Waals surface area contributed by atoms with Crippen molar-refractivity contribution in [1.82, 2.24) is 14.8 Å². The van der Waals surface area contributed by atoms with Crippen molar-refractivity contribution in [1.29, 1.82) is 0 Å². The average Bonchev–Trinajstić information content (AvgIpc) is 2.85. The lowest BCUT2D eigenvalue weighted by atomic mass is 10.2. The van der Waals surface area contributed by atoms with E-state index < -0.39 is 18.4 Å². The van der Waals surface area contributed by atoms with Gasteiger partial charge in [0.25, 0.3) is 0 Å². The highest BCUT2D eigenvalue weighted by Crippen LogP contribution is 2.27. The smallest absolute Gasteiger partial charge is 0.415 e. The van der Waals surface area contributed by atoms with Gasteiger partial charge in [-0.25, -0.2) is 13.9 Å². The van der Waals surface area contributed by atoms with E-state index in [4.69, 9.17) is 16.3 Å². The highest BCUT2D eigenvalue weighted by atomic mass is 35.5. The minimum absolute atomic E-state index is 0.0770. The molecule has 23 heavy (non-hydrogen) atoms. The van der Waals surface area contributed by atoms with E-state index in [1.54, 1.807) is 51.5 Å². The van der Waals surface area contributed by atoms with Crippen molar-refractivity contribution >= 4 is 23.4 Å². The fraction of sp³-hybridized carbons (Fsp3) is 0.400. The molecule has 0 saturated carbocycles. The number of rotatable bonds is 4. The third kappa shape index (κ3) is 4.41. The van der Waals surface area contributed by atoms with Crippen LogP contribution in [0.4, 0.5) is 14.9 Å². The Bertz CT molecular complexity index is 670. The van der Waals surface area contributed by atoms with Gasteiger partial charge in [0.15, 0.2) is 5.15 Å². The van der Waals surface area contributed by atoms with E-state index >= 15 is 0 Å². The molecular formula is C15H18ClFN4O2. The monoisotopic (exact) mass is 340 g/mol. The summed E-state index contributed by atoms with van der Waals surface area (Å²) >= 11 is 6.12. The highest BCUT2D eigenvalue weighted by Gasteiger charge is 2.26. The standard InChI is InChI=1S/C15H18ClFN4O2/c1-15(2,3)23-14(22)20(8-6-17)12-10-21(19-13(12)16)11-5-4-7-18-9-11/h4-5,7,9-10H,6,8H2,1-3H3. The fourth-order valence-corrected chi connectivity index (χ4v) is 2.09. The van der Waals surface area contributed by atoms with Gasteiger partial charge in [0.1, 0.15) is 18.0 Å². The van der Waals surface area contributed by atoms with E-state index in [9.17, 15) is 9.18 Å². The van der Waals surface area contributed by atoms with Gasteiger partial charge in [-0.1, -0.05) is 11.6 Å². The number of carbonyl (C=O) groups is 1. The first-order valence-electron chi connectivity index (χ1n) is 7.04. The number of nitrogens with zero attached hydrogens (tertiary/aromatic N) is 4. The zero-order valence-electron chi connectivity index (χ0n) is 13.2. The predicted octanol–water partition coefficient (Wildman–Crippen LogP) is 3.63. The first kappa shape index (κ1) is 17.2. The number of pyridine rings is 1. The number of alkyl halides is 1. The van der Waals surface area contributed by atoms with E-state index in [2.05, 4.69) is 10.1 Å². The summed E-state index contributed by atoms with van der Waals surface area (Å²) in [5, 5.41) is 4.21. The number of anilines is 1. The summed E-state index contributed by atoms with van der Waals surface area (Å²) in [5.74, 6) is 0. The van der Waals surface area contributed by atoms with Gasteiger partial charge < -0.3 is 4.74 Å². The van der Waals surface area contributed by atoms with E-state index in [1.807, 2.05) is 0 Å². The fourth-order valence-electron chi connectivity index (χ4n) is 1.86. The Balaban J connectivity index is 2.33. The van der Waals surface area contributed by atoms with Crippen molar-refractivity contribution in [3.05, 3.63) is 35.9 Å². The lowest BCUT2D eigenvalue weighted by Gasteiger charge is -2.26. The molecule has 8 heteroatoms. The topological polar surface area (TPSA) is 60.2 Å². The van der Waals surface area contributed by atoms with Crippen molar-refractivity contribution in [3.63, 3.8) is 0 Å². The summed E-state index contributed by atoms with van der Waals surface area (Å²) in [4.78, 5) is 17.4. The van der Waals surface area contributed by atoms with Crippen LogP contribution in [-0.2, 0) is 4.74 Å². The van der Waals surface area contributed by atoms with E-state index in [-0.39, 0.29) is 17.4 Å². The number of hydrogen-bond acceptors (Lipinski definition) is 4. The zero-order valence-corrected chi connectivity index (χ0v) is 13.9. The molecule has 2 aromatic rings. The Morgan fingerprint density at radius 2 is 2.22 bits per heavy atom. The van der Waals surface area contributed by atoms with Gasteiger partial charge in [0, 0.05) is 6.20 Å². The van der Waals surface area contributed by atoms with Crippen LogP contribution in [0.5, 0.6) is 0 Å². The Labute approximate surface area is 138 Å². The molecule has 0 aliphatic rings. The third-order valence-corrected chi connectivity index (χ3v) is 3.04. The molecule has 2 rings (SSSR count). The van der Waals surface area contributed by atoms with Crippen molar-refractivity contribution in [2.24, 2.45) is 0 Å². The largest absolute Gasteiger partial charge is 0.443 e. The van der Waals surface area contributed by atoms with Crippen molar-refractivity contribution < 1.29 is 13.9 Å². The lowest BCUT2D eigenvalue weighted by Crippen LogP contribution is -2.38. The van der Waals surface area contributed by atoms with Crippen LogP contribution in [0.25, 0.3) is 5.69 Å². The molecule has 0 N–H and O–H groups in total. The van der Waals surface area contributed by atoms with E-state index in [0.717, 1.165) is 4.90 Å². The maximum absolute atomic E-state index is 12.9. The zero-order chi connectivity index (χ0) is 17.0. The second-order valence-corrected chi connectivity index (χ2v) is 6.14. The maximum Gasteiger partial charge on any atom is 0.415 e. The molecule has 124 valence electrons. The van der Waals surface area contributed by atoms with Gasteiger partial charge in [0.05, 0.1) is 24.6 Å². The van der Waals surface area contributed by atoms with Gasteiger partial charge in [-0.15, -0.1) is 0 Å². The molecule has 0 atom stereocenters. The molecule has 1 amide bonds. The van der Waals surface area contributed by atoms with Crippen LogP contribution >= 0.6 is 11.6 Å². The number of hydrogen-bond donors (Lipinski definition) is 0. The van der Waals surface area contributed by atoms with Crippen LogP contribution in [0.3, 0.4) is 0 Å². The molecule has 0 bridgehead atoms. The highest BCUT2D eigenvalue weighted by molar-refractivity contribution is 6.32. The number of halogens is 2. The Morgan fingerprint density at radius 1 is 1.48 bits per heavy atom. The molecule has 0 spiro atoms. The summed E-state index contributed by atoms with van der Waals surface area (Å²) in [7, 11) is 0. The molecule has 0 radical (unpaired) electrons. The number of carbonyl (C=O) groups excluding carboxylic acids is 1. The molecule has 2 heterocycles. The van der Waals surface area contributed by atoms with Gasteiger partial charge >= 0.3 is 6.09 Å². The summed E-state index contributed by atoms with van der Waals surface area (Å²) < 4.78 is 19.6. The molecule has 6 nitrogen and oxygen atoms in total. The Morgan fingerprint density at radius 3 is 2.78 bits per heavy atom. The summed E-state index contributed by atoms with van der Waals surface area (Å²) in [6.45, 7) is 4.30. The van der Waals surface area contributed by atoms with Gasteiger partial charge in [-0.05, 0) is 32.9 Å². The van der Waals surface area contributed by atoms with Crippen LogP contribution in [0, 0.1) is 0 Å². The minimum Gasteiger partial charge on any atom is -0.443 e. The Kier molecular flexibility index (Phi) is 5.20. The first-order chi connectivity index (χ1) is 10.8. The predicted molar refractivity (Wildman–Crippen MR) is 85.9 cm³/mol. The lowest BCUT2D eigenvalue weighted by molar-refractivity contribution is 0.0578. The minimum atomic E-state index is -0.729. The van der Waals surface area contributed by atoms with Gasteiger partial charge in [-0.3, -0.25) is 9.88 Å². The second-order valence-electron chi connectivity index (χ2n) is 5.78. The van der Waals surface area contributed by atoms with Crippen molar-refractivity contribution in [2.45, 2.75) is 26.4 Å². The van der Waals surface area contributed by atoms with Crippen LogP contribution < -0.4 is 4.90 Å². The SMILES string of the molecule is CC(C)(C)OC(=O)N(CCF)c1cn(-c2cccnc2)nc1Cl. The molecule has 0 aliphatic heterocycles. The van der Waals surface area contributed by atoms with Crippen LogP contribution in [-0.4, -0.2) is 39.7 Å². The van der Waals surface area contributed by atoms with Crippen LogP contribution in [0.2, 0.25) is 5.15 Å². The Hall–Kier alpha value is -2.15. The first-order valence-corrected chi connectivity index (χ1v) is 7.41. The normalized spacial score (nSPS) is 11.3. The molecular weight excluding hydrogens is 323 g/mol. The van der Waals surface area contributed by atoms with Crippen molar-refractivity contribution in [2.75, 3.05) is 18.1 Å². The molecule has 0 saturated heterocycles. The summed E-state index contributed by atoms with van der Waals surface area (Å²) in [5.41, 5.74) is 0.254. The summed E-state index contributed by atoms with van der Waals surface area (Å²) in [6.07, 6.45) is 4.09. The average molecular weight is 341 g/mol. The molecule has 0 fully saturated rings. The third-order valence-electron chi connectivity index (χ3n) is 2.77. The van der Waals surface area contributed by atoms with E-state index in [1.165, 1.54) is 4.68 Å². The van der Waals surface area contributed by atoms with Crippen LogP contribution in [0.15, 0.2) is 30.7 Å². The van der Waals surface area contributed by atoms with Gasteiger partial charge in [-0.2, -0.15) is 5.10 Å². The maximum atomic E-state index is 12.9. The molecule has 0 aliphatic carbocycles. The second kappa shape index (κ2) is 6.95. The summed E-state index contributed by atoms with van der Waals surface area (Å²) in [6, 6.07) is 3.53. The quantitative estimate of drug-likeness (QED) is 0.852. The molecule has 0 unspecified atom stereocenters. The van der Waals surface area contributed by atoms with E-state index in [0.29, 0.717) is 5.69 Å².